The fourth-order valence-electron chi connectivity index (χ4n) is 1.46. The van der Waals surface area contributed by atoms with E-state index in [-0.39, 0.29) is 11.3 Å². The molecule has 0 heterocycles. The molecule has 0 aromatic heterocycles. The summed E-state index contributed by atoms with van der Waals surface area (Å²) in [5.41, 5.74) is -0.868. The summed E-state index contributed by atoms with van der Waals surface area (Å²) in [7, 11) is 0. The lowest BCUT2D eigenvalue weighted by atomic mass is 9.88. The monoisotopic (exact) mass is 330 g/mol. The molecule has 0 aliphatic heterocycles. The molecule has 126 valence electrons. The van der Waals surface area contributed by atoms with Gasteiger partial charge in [-0.2, -0.15) is 18.3 Å². The maximum atomic E-state index is 12.9. The predicted molar refractivity (Wildman–Crippen MR) is 78.1 cm³/mol. The largest absolute Gasteiger partial charge is 0.507 e. The van der Waals surface area contributed by atoms with Crippen LogP contribution in [0.4, 0.5) is 13.2 Å². The second kappa shape index (κ2) is 6.80. The van der Waals surface area contributed by atoms with Gasteiger partial charge in [0.15, 0.2) is 0 Å². The number of hydrogen-bond acceptors (Lipinski definition) is 4. The topological polar surface area (TPSA) is 78.8 Å². The average Bonchev–Trinajstić information content (AvgIpc) is 2.40. The van der Waals surface area contributed by atoms with Crippen molar-refractivity contribution in [1.82, 2.24) is 5.43 Å². The fourth-order valence-corrected chi connectivity index (χ4v) is 1.46. The van der Waals surface area contributed by atoms with E-state index in [1.165, 1.54) is 45.0 Å². The van der Waals surface area contributed by atoms with Crippen LogP contribution in [0.25, 0.3) is 0 Å². The molecule has 0 unspecified atom stereocenters. The smallest absolute Gasteiger partial charge is 0.431 e. The Kier molecular flexibility index (Phi) is 5.52. The van der Waals surface area contributed by atoms with Gasteiger partial charge in [-0.15, -0.1) is 0 Å². The van der Waals surface area contributed by atoms with Crippen LogP contribution < -0.4 is 5.43 Å². The number of nitrogens with one attached hydrogen (secondary N) is 1. The van der Waals surface area contributed by atoms with Crippen molar-refractivity contribution in [3.05, 3.63) is 29.8 Å². The summed E-state index contributed by atoms with van der Waals surface area (Å²) < 4.78 is 38.8. The highest BCUT2D eigenvalue weighted by atomic mass is 19.4. The molecule has 8 heteroatoms. The molecule has 1 aromatic rings. The number of carbonyl (C=O) groups excluding carboxylic acids is 2. The second-order valence-corrected chi connectivity index (χ2v) is 5.86. The Morgan fingerprint density at radius 2 is 1.74 bits per heavy atom. The average molecular weight is 330 g/mol. The van der Waals surface area contributed by atoms with E-state index in [9.17, 15) is 27.9 Å². The van der Waals surface area contributed by atoms with Crippen molar-refractivity contribution in [3.63, 3.8) is 0 Å². The van der Waals surface area contributed by atoms with Gasteiger partial charge in [-0.25, -0.2) is 5.43 Å². The molecule has 0 aliphatic rings. The first-order valence-corrected chi connectivity index (χ1v) is 6.68. The van der Waals surface area contributed by atoms with Crippen LogP contribution in [-0.4, -0.2) is 28.7 Å². The molecule has 0 bridgehead atoms. The van der Waals surface area contributed by atoms with E-state index < -0.39 is 35.4 Å². The van der Waals surface area contributed by atoms with E-state index in [1.54, 1.807) is 5.43 Å². The summed E-state index contributed by atoms with van der Waals surface area (Å²) in [6, 6.07) is 5.34. The molecular weight excluding hydrogens is 313 g/mol. The van der Waals surface area contributed by atoms with E-state index in [0.29, 0.717) is 0 Å². The van der Waals surface area contributed by atoms with Crippen molar-refractivity contribution in [1.29, 1.82) is 0 Å². The second-order valence-electron chi connectivity index (χ2n) is 5.86. The number of para-hydroxylation sites is 1. The molecule has 1 rings (SSSR count). The minimum Gasteiger partial charge on any atom is -0.507 e. The van der Waals surface area contributed by atoms with E-state index in [4.69, 9.17) is 0 Å². The van der Waals surface area contributed by atoms with Crippen LogP contribution in [0.15, 0.2) is 29.4 Å². The van der Waals surface area contributed by atoms with Gasteiger partial charge in [-0.1, -0.05) is 32.9 Å². The fraction of sp³-hybridized carbons (Fsp3) is 0.400. The normalized spacial score (nSPS) is 12.9. The molecule has 0 saturated carbocycles. The number of rotatable bonds is 4. The highest BCUT2D eigenvalue weighted by molar-refractivity contribution is 6.07. The number of amides is 1. The maximum Gasteiger partial charge on any atom is 0.431 e. The molecule has 1 amide bonds. The van der Waals surface area contributed by atoms with Crippen LogP contribution in [0, 0.1) is 5.41 Å². The number of hydrogen-bond donors (Lipinski definition) is 2. The first-order chi connectivity index (χ1) is 10.4. The predicted octanol–water partition coefficient (Wildman–Crippen LogP) is 3.05. The number of aromatic hydroxyl groups is 1. The van der Waals surface area contributed by atoms with Crippen LogP contribution in [0.1, 0.15) is 37.6 Å². The molecular formula is C15H17F3N2O3. The van der Waals surface area contributed by atoms with Gasteiger partial charge in [0.1, 0.15) is 17.2 Å². The van der Waals surface area contributed by atoms with Crippen molar-refractivity contribution in [2.24, 2.45) is 10.5 Å². The van der Waals surface area contributed by atoms with Crippen molar-refractivity contribution in [3.8, 4) is 5.75 Å². The van der Waals surface area contributed by atoms with E-state index in [2.05, 4.69) is 5.10 Å². The number of alkyl halides is 3. The molecule has 23 heavy (non-hydrogen) atoms. The molecule has 2 N–H and O–H groups in total. The summed E-state index contributed by atoms with van der Waals surface area (Å²) in [6.45, 7) is 4.47. The van der Waals surface area contributed by atoms with Crippen LogP contribution in [0.3, 0.4) is 0 Å². The molecule has 0 atom stereocenters. The number of ketones is 1. The Hall–Kier alpha value is -2.38. The van der Waals surface area contributed by atoms with E-state index >= 15 is 0 Å². The van der Waals surface area contributed by atoms with Gasteiger partial charge in [0.05, 0.1) is 12.0 Å². The third kappa shape index (κ3) is 5.39. The first kappa shape index (κ1) is 18.7. The van der Waals surface area contributed by atoms with Crippen molar-refractivity contribution < 1.29 is 27.9 Å². The SMILES string of the molecule is CC(C)(C)C(=O)C/C(=N/NC(=O)c1ccccc1O)C(F)(F)F. The number of phenols is 1. The number of carbonyl (C=O) groups is 2. The molecule has 1 aromatic carbocycles. The van der Waals surface area contributed by atoms with Crippen LogP contribution in [-0.2, 0) is 4.79 Å². The molecule has 0 saturated heterocycles. The Bertz CT molecular complexity index is 632. The molecule has 5 nitrogen and oxygen atoms in total. The van der Waals surface area contributed by atoms with Gasteiger partial charge in [-0.05, 0) is 12.1 Å². The third-order valence-corrected chi connectivity index (χ3v) is 2.93. The van der Waals surface area contributed by atoms with Crippen LogP contribution in [0.2, 0.25) is 0 Å². The van der Waals surface area contributed by atoms with Crippen molar-refractivity contribution in [2.45, 2.75) is 33.4 Å². The number of nitrogens with zero attached hydrogens (tertiary/aromatic N) is 1. The minimum atomic E-state index is -4.85. The zero-order valence-corrected chi connectivity index (χ0v) is 12.9. The van der Waals surface area contributed by atoms with Gasteiger partial charge in [0.2, 0.25) is 0 Å². The number of Topliss-reactive ketones (excluding diaryl/α,β-unsaturated/α-hetero) is 1. The molecule has 0 radical (unpaired) electrons. The van der Waals surface area contributed by atoms with Crippen molar-refractivity contribution in [2.75, 3.05) is 0 Å². The standard InChI is InChI=1S/C15H17F3N2O3/c1-14(2,3)12(22)8-11(15(16,17)18)19-20-13(23)9-6-4-5-7-10(9)21/h4-7,21H,8H2,1-3H3,(H,20,23)/b19-11-. The molecule has 0 aliphatic carbocycles. The van der Waals surface area contributed by atoms with Crippen LogP contribution >= 0.6 is 0 Å². The maximum absolute atomic E-state index is 12.9. The first-order valence-electron chi connectivity index (χ1n) is 6.68. The summed E-state index contributed by atoms with van der Waals surface area (Å²) in [4.78, 5) is 23.5. The summed E-state index contributed by atoms with van der Waals surface area (Å²) in [5.74, 6) is -2.06. The Labute approximate surface area is 131 Å². The van der Waals surface area contributed by atoms with Gasteiger partial charge in [0.25, 0.3) is 5.91 Å². The number of benzene rings is 1. The molecule has 0 fully saturated rings. The number of halogens is 3. The number of phenolic OH excluding ortho intramolecular Hbond substituents is 1. The Morgan fingerprint density at radius 1 is 1.17 bits per heavy atom. The Morgan fingerprint density at radius 3 is 2.22 bits per heavy atom. The lowest BCUT2D eigenvalue weighted by Gasteiger charge is -2.18. The molecule has 0 spiro atoms. The summed E-state index contributed by atoms with van der Waals surface area (Å²) in [6.07, 6.45) is -5.80. The highest BCUT2D eigenvalue weighted by Gasteiger charge is 2.39. The van der Waals surface area contributed by atoms with Gasteiger partial charge in [-0.3, -0.25) is 9.59 Å². The lowest BCUT2D eigenvalue weighted by Crippen LogP contribution is -2.33. The van der Waals surface area contributed by atoms with Gasteiger partial charge < -0.3 is 5.11 Å². The Balaban J connectivity index is 2.97. The summed E-state index contributed by atoms with van der Waals surface area (Å²) >= 11 is 0. The van der Waals surface area contributed by atoms with Gasteiger partial charge in [0, 0.05) is 5.41 Å². The van der Waals surface area contributed by atoms with Crippen molar-refractivity contribution >= 4 is 17.4 Å². The zero-order valence-electron chi connectivity index (χ0n) is 12.9. The highest BCUT2D eigenvalue weighted by Crippen LogP contribution is 2.24. The van der Waals surface area contributed by atoms with E-state index in [0.717, 1.165) is 0 Å². The quantitative estimate of drug-likeness (QED) is 0.658. The third-order valence-electron chi connectivity index (χ3n) is 2.93. The van der Waals surface area contributed by atoms with E-state index in [1.807, 2.05) is 0 Å². The summed E-state index contributed by atoms with van der Waals surface area (Å²) in [5, 5.41) is 12.5. The van der Waals surface area contributed by atoms with Gasteiger partial charge >= 0.3 is 6.18 Å². The van der Waals surface area contributed by atoms with Crippen LogP contribution in [0.5, 0.6) is 5.75 Å². The number of hydrazone groups is 1. The minimum absolute atomic E-state index is 0.222. The lowest BCUT2D eigenvalue weighted by molar-refractivity contribution is -0.126. The zero-order chi connectivity index (χ0) is 17.8.